The lowest BCUT2D eigenvalue weighted by atomic mass is 10.1. The van der Waals surface area contributed by atoms with E-state index in [9.17, 15) is 14.3 Å². The van der Waals surface area contributed by atoms with Crippen LogP contribution in [0.5, 0.6) is 11.5 Å². The van der Waals surface area contributed by atoms with Crippen molar-refractivity contribution in [2.75, 3.05) is 18.5 Å². The Balaban J connectivity index is 1.79. The lowest BCUT2D eigenvalue weighted by Gasteiger charge is -2.19. The SMILES string of the molecule is CCOc1cc(OCCc2cccc(F)c2)cc(C(Nc2ccc(C#N)cc2)C(=O)O)c1. The summed E-state index contributed by atoms with van der Waals surface area (Å²) in [7, 11) is 0. The first-order chi connectivity index (χ1) is 15.5. The summed E-state index contributed by atoms with van der Waals surface area (Å²) in [5.41, 5.74) is 2.30. The molecule has 6 nitrogen and oxygen atoms in total. The Morgan fingerprint density at radius 1 is 1.09 bits per heavy atom. The predicted molar refractivity (Wildman–Crippen MR) is 118 cm³/mol. The van der Waals surface area contributed by atoms with Gasteiger partial charge in [0.2, 0.25) is 0 Å². The largest absolute Gasteiger partial charge is 0.494 e. The number of hydrogen-bond donors (Lipinski definition) is 2. The number of hydrogen-bond acceptors (Lipinski definition) is 5. The molecule has 2 N–H and O–H groups in total. The number of nitriles is 1. The molecule has 0 radical (unpaired) electrons. The Kier molecular flexibility index (Phi) is 7.65. The Morgan fingerprint density at radius 2 is 1.81 bits per heavy atom. The van der Waals surface area contributed by atoms with Gasteiger partial charge in [0.15, 0.2) is 6.04 Å². The maximum absolute atomic E-state index is 13.4. The fourth-order valence-electron chi connectivity index (χ4n) is 3.17. The van der Waals surface area contributed by atoms with Crippen LogP contribution in [0.25, 0.3) is 0 Å². The fraction of sp³-hybridized carbons (Fsp3) is 0.200. The quantitative estimate of drug-likeness (QED) is 0.469. The highest BCUT2D eigenvalue weighted by molar-refractivity contribution is 5.79. The Bertz CT molecular complexity index is 1110. The third-order valence-electron chi connectivity index (χ3n) is 4.67. The minimum atomic E-state index is -1.08. The molecule has 0 spiro atoms. The van der Waals surface area contributed by atoms with Crippen molar-refractivity contribution >= 4 is 11.7 Å². The van der Waals surface area contributed by atoms with Gasteiger partial charge in [-0.15, -0.1) is 0 Å². The Morgan fingerprint density at radius 3 is 2.44 bits per heavy atom. The van der Waals surface area contributed by atoms with Gasteiger partial charge in [-0.2, -0.15) is 5.26 Å². The topological polar surface area (TPSA) is 91.6 Å². The van der Waals surface area contributed by atoms with E-state index in [4.69, 9.17) is 14.7 Å². The average Bonchev–Trinajstić information content (AvgIpc) is 2.78. The number of carboxylic acid groups (broad SMARTS) is 1. The van der Waals surface area contributed by atoms with Crippen LogP contribution in [0.2, 0.25) is 0 Å². The van der Waals surface area contributed by atoms with Crippen molar-refractivity contribution in [1.82, 2.24) is 0 Å². The lowest BCUT2D eigenvalue weighted by Crippen LogP contribution is -2.20. The summed E-state index contributed by atoms with van der Waals surface area (Å²) in [5.74, 6) is -0.441. The van der Waals surface area contributed by atoms with E-state index in [0.717, 1.165) is 5.56 Å². The Labute approximate surface area is 185 Å². The van der Waals surface area contributed by atoms with E-state index in [-0.39, 0.29) is 5.82 Å². The molecule has 0 aromatic heterocycles. The van der Waals surface area contributed by atoms with E-state index in [1.54, 1.807) is 48.5 Å². The molecule has 0 fully saturated rings. The molecule has 0 aliphatic carbocycles. The van der Waals surface area contributed by atoms with Gasteiger partial charge >= 0.3 is 5.97 Å². The maximum atomic E-state index is 13.4. The van der Waals surface area contributed by atoms with Crippen LogP contribution in [0, 0.1) is 17.1 Å². The second-order valence-corrected chi connectivity index (χ2v) is 7.00. The number of aliphatic carboxylic acids is 1. The van der Waals surface area contributed by atoms with Crippen LogP contribution >= 0.6 is 0 Å². The van der Waals surface area contributed by atoms with Gasteiger partial charge in [0.25, 0.3) is 0 Å². The van der Waals surface area contributed by atoms with E-state index < -0.39 is 12.0 Å². The molecule has 3 rings (SSSR count). The van der Waals surface area contributed by atoms with E-state index in [0.29, 0.717) is 47.9 Å². The van der Waals surface area contributed by atoms with Gasteiger partial charge < -0.3 is 19.9 Å². The van der Waals surface area contributed by atoms with E-state index in [2.05, 4.69) is 5.32 Å². The van der Waals surface area contributed by atoms with Crippen molar-refractivity contribution < 1.29 is 23.8 Å². The van der Waals surface area contributed by atoms with E-state index >= 15 is 0 Å². The molecule has 0 bridgehead atoms. The molecule has 3 aromatic carbocycles. The smallest absolute Gasteiger partial charge is 0.330 e. The minimum absolute atomic E-state index is 0.291. The van der Waals surface area contributed by atoms with Crippen LogP contribution in [-0.4, -0.2) is 24.3 Å². The van der Waals surface area contributed by atoms with Crippen LogP contribution < -0.4 is 14.8 Å². The zero-order valence-electron chi connectivity index (χ0n) is 17.5. The zero-order chi connectivity index (χ0) is 22.9. The van der Waals surface area contributed by atoms with Gasteiger partial charge in [0, 0.05) is 18.2 Å². The molecule has 3 aromatic rings. The van der Waals surface area contributed by atoms with E-state index in [1.807, 2.05) is 19.1 Å². The van der Waals surface area contributed by atoms with Crippen molar-refractivity contribution in [3.05, 3.63) is 89.2 Å². The average molecular weight is 434 g/mol. The zero-order valence-corrected chi connectivity index (χ0v) is 17.5. The van der Waals surface area contributed by atoms with Crippen LogP contribution in [0.3, 0.4) is 0 Å². The van der Waals surface area contributed by atoms with Crippen molar-refractivity contribution in [3.63, 3.8) is 0 Å². The number of carboxylic acids is 1. The first kappa shape index (κ1) is 22.6. The van der Waals surface area contributed by atoms with E-state index in [1.165, 1.54) is 12.1 Å². The number of benzene rings is 3. The maximum Gasteiger partial charge on any atom is 0.330 e. The molecule has 32 heavy (non-hydrogen) atoms. The summed E-state index contributed by atoms with van der Waals surface area (Å²) >= 11 is 0. The number of nitrogens with one attached hydrogen (secondary N) is 1. The normalized spacial score (nSPS) is 11.3. The summed E-state index contributed by atoms with van der Waals surface area (Å²) < 4.78 is 24.8. The molecule has 0 heterocycles. The first-order valence-corrected chi connectivity index (χ1v) is 10.1. The number of anilines is 1. The van der Waals surface area contributed by atoms with Crippen molar-refractivity contribution in [2.24, 2.45) is 0 Å². The summed E-state index contributed by atoms with van der Waals surface area (Å²) in [6, 6.07) is 18.8. The molecule has 0 saturated carbocycles. The van der Waals surface area contributed by atoms with Crippen LogP contribution in [0.4, 0.5) is 10.1 Å². The second-order valence-electron chi connectivity index (χ2n) is 7.00. The second kappa shape index (κ2) is 10.8. The number of carbonyl (C=O) groups is 1. The van der Waals surface area contributed by atoms with Gasteiger partial charge in [0.05, 0.1) is 24.8 Å². The van der Waals surface area contributed by atoms with Gasteiger partial charge in [-0.1, -0.05) is 12.1 Å². The molecule has 7 heteroatoms. The van der Waals surface area contributed by atoms with Gasteiger partial charge in [-0.25, -0.2) is 9.18 Å². The third kappa shape index (κ3) is 6.22. The third-order valence-corrected chi connectivity index (χ3v) is 4.67. The van der Waals surface area contributed by atoms with Gasteiger partial charge in [0.1, 0.15) is 17.3 Å². The number of ether oxygens (including phenoxy) is 2. The molecule has 164 valence electrons. The minimum Gasteiger partial charge on any atom is -0.494 e. The fourth-order valence-corrected chi connectivity index (χ4v) is 3.17. The summed E-state index contributed by atoms with van der Waals surface area (Å²) in [5, 5.41) is 21.7. The number of nitrogens with zero attached hydrogens (tertiary/aromatic N) is 1. The highest BCUT2D eigenvalue weighted by Gasteiger charge is 2.21. The molecule has 0 amide bonds. The highest BCUT2D eigenvalue weighted by atomic mass is 19.1. The molecule has 0 saturated heterocycles. The first-order valence-electron chi connectivity index (χ1n) is 10.1. The van der Waals surface area contributed by atoms with Crippen molar-refractivity contribution in [3.8, 4) is 17.6 Å². The lowest BCUT2D eigenvalue weighted by molar-refractivity contribution is -0.138. The van der Waals surface area contributed by atoms with Crippen LogP contribution in [0.1, 0.15) is 29.7 Å². The van der Waals surface area contributed by atoms with Crippen LogP contribution in [0.15, 0.2) is 66.7 Å². The number of rotatable bonds is 10. The van der Waals surface area contributed by atoms with Gasteiger partial charge in [-0.05, 0) is 66.6 Å². The summed E-state index contributed by atoms with van der Waals surface area (Å²) in [4.78, 5) is 12.0. The Hall–Kier alpha value is -4.05. The monoisotopic (exact) mass is 434 g/mol. The molecule has 0 aliphatic rings. The van der Waals surface area contributed by atoms with Gasteiger partial charge in [-0.3, -0.25) is 0 Å². The molecule has 1 atom stereocenters. The molecular formula is C25H23FN2O4. The molecular weight excluding hydrogens is 411 g/mol. The summed E-state index contributed by atoms with van der Waals surface area (Å²) in [6.07, 6.45) is 0.498. The highest BCUT2D eigenvalue weighted by Crippen LogP contribution is 2.29. The summed E-state index contributed by atoms with van der Waals surface area (Å²) in [6.45, 7) is 2.53. The molecule has 0 aliphatic heterocycles. The van der Waals surface area contributed by atoms with Crippen LogP contribution in [-0.2, 0) is 11.2 Å². The molecule has 1 unspecified atom stereocenters. The van der Waals surface area contributed by atoms with Crippen molar-refractivity contribution in [2.45, 2.75) is 19.4 Å². The standard InChI is InChI=1S/C25H23FN2O4/c1-2-31-22-13-19(24(25(29)30)28-21-8-6-18(16-27)7-9-21)14-23(15-22)32-11-10-17-4-3-5-20(26)12-17/h3-9,12-15,24,28H,2,10-11H2,1H3,(H,29,30). The van der Waals surface area contributed by atoms with Crippen molar-refractivity contribution in [1.29, 1.82) is 5.26 Å². The predicted octanol–water partition coefficient (Wildman–Crippen LogP) is 4.96. The number of halogens is 1.